The third kappa shape index (κ3) is 5.04. The summed E-state index contributed by atoms with van der Waals surface area (Å²) in [7, 11) is 1.69. The molecule has 0 aliphatic carbocycles. The molecule has 0 spiro atoms. The molecule has 0 heterocycles. The first kappa shape index (κ1) is 20.6. The maximum absolute atomic E-state index is 12.8. The van der Waals surface area contributed by atoms with Gasteiger partial charge in [-0.15, -0.1) is 0 Å². The molecule has 0 fully saturated rings. The summed E-state index contributed by atoms with van der Waals surface area (Å²) in [6.07, 6.45) is -1.42. The third-order valence-electron chi connectivity index (χ3n) is 5.18. The van der Waals surface area contributed by atoms with Crippen LogP contribution in [0.5, 0.6) is 5.75 Å². The van der Waals surface area contributed by atoms with E-state index >= 15 is 0 Å². The van der Waals surface area contributed by atoms with Crippen LogP contribution in [0.15, 0.2) is 84.9 Å². The van der Waals surface area contributed by atoms with Gasteiger partial charge in [-0.25, -0.2) is 0 Å². The van der Waals surface area contributed by atoms with Gasteiger partial charge in [0.25, 0.3) is 5.91 Å². The van der Waals surface area contributed by atoms with Crippen molar-refractivity contribution in [1.82, 2.24) is 4.90 Å². The largest absolute Gasteiger partial charge is 0.481 e. The maximum Gasteiger partial charge on any atom is 0.263 e. The molecule has 0 bridgehead atoms. The van der Waals surface area contributed by atoms with Gasteiger partial charge in [0.1, 0.15) is 5.75 Å². The van der Waals surface area contributed by atoms with Crippen LogP contribution in [0.25, 0.3) is 11.1 Å². The van der Waals surface area contributed by atoms with E-state index in [4.69, 9.17) is 4.74 Å². The van der Waals surface area contributed by atoms with Crippen molar-refractivity contribution in [1.29, 1.82) is 0 Å². The van der Waals surface area contributed by atoms with Gasteiger partial charge in [-0.3, -0.25) is 4.79 Å². The fourth-order valence-electron chi connectivity index (χ4n) is 3.24. The molecule has 0 saturated carbocycles. The average Bonchev–Trinajstić information content (AvgIpc) is 2.78. The summed E-state index contributed by atoms with van der Waals surface area (Å²) < 4.78 is 5.85. The number of hydrogen-bond donors (Lipinski definition) is 1. The summed E-state index contributed by atoms with van der Waals surface area (Å²) in [6.45, 7) is 3.56. The van der Waals surface area contributed by atoms with Crippen molar-refractivity contribution in [2.24, 2.45) is 0 Å². The number of hydrogen-bond acceptors (Lipinski definition) is 3. The van der Waals surface area contributed by atoms with Gasteiger partial charge in [0.2, 0.25) is 0 Å². The predicted octanol–water partition coefficient (Wildman–Crippen LogP) is 4.70. The highest BCUT2D eigenvalue weighted by Gasteiger charge is 2.28. The minimum Gasteiger partial charge on any atom is -0.481 e. The molecule has 1 N–H and O–H groups in total. The lowest BCUT2D eigenvalue weighted by Crippen LogP contribution is -2.45. The number of rotatable bonds is 7. The van der Waals surface area contributed by atoms with E-state index in [1.54, 1.807) is 18.9 Å². The Hall–Kier alpha value is -3.11. The number of carbonyl (C=O) groups excluding carboxylic acids is 1. The van der Waals surface area contributed by atoms with Crippen LogP contribution < -0.4 is 4.74 Å². The minimum absolute atomic E-state index is 0.181. The summed E-state index contributed by atoms with van der Waals surface area (Å²) >= 11 is 0. The fraction of sp³-hybridized carbons (Fsp3) is 0.240. The first-order chi connectivity index (χ1) is 14.0. The van der Waals surface area contributed by atoms with Crippen molar-refractivity contribution in [2.75, 3.05) is 7.05 Å². The van der Waals surface area contributed by atoms with Crippen molar-refractivity contribution in [3.63, 3.8) is 0 Å². The minimum atomic E-state index is -0.762. The number of amides is 1. The monoisotopic (exact) mass is 389 g/mol. The first-order valence-corrected chi connectivity index (χ1v) is 9.79. The predicted molar refractivity (Wildman–Crippen MR) is 116 cm³/mol. The lowest BCUT2D eigenvalue weighted by Gasteiger charge is -2.31. The number of ether oxygens (including phenoxy) is 1. The van der Waals surface area contributed by atoms with Crippen LogP contribution in [0.4, 0.5) is 0 Å². The molecule has 29 heavy (non-hydrogen) atoms. The highest BCUT2D eigenvalue weighted by Crippen LogP contribution is 2.24. The van der Waals surface area contributed by atoms with E-state index < -0.39 is 12.2 Å². The van der Waals surface area contributed by atoms with Crippen molar-refractivity contribution in [3.8, 4) is 16.9 Å². The van der Waals surface area contributed by atoms with Crippen molar-refractivity contribution >= 4 is 5.91 Å². The second-order valence-electron chi connectivity index (χ2n) is 7.20. The zero-order valence-electron chi connectivity index (χ0n) is 17.0. The van der Waals surface area contributed by atoms with Crippen LogP contribution >= 0.6 is 0 Å². The molecule has 3 aromatic carbocycles. The van der Waals surface area contributed by atoms with E-state index in [1.807, 2.05) is 79.7 Å². The second kappa shape index (κ2) is 9.39. The topological polar surface area (TPSA) is 49.8 Å². The highest BCUT2D eigenvalue weighted by molar-refractivity contribution is 5.81. The molecule has 0 aliphatic rings. The average molecular weight is 389 g/mol. The van der Waals surface area contributed by atoms with Crippen molar-refractivity contribution in [3.05, 3.63) is 90.5 Å². The summed E-state index contributed by atoms with van der Waals surface area (Å²) in [5, 5.41) is 10.6. The van der Waals surface area contributed by atoms with Crippen molar-refractivity contribution in [2.45, 2.75) is 32.1 Å². The maximum atomic E-state index is 12.8. The lowest BCUT2D eigenvalue weighted by molar-refractivity contribution is -0.140. The Morgan fingerprint density at radius 2 is 1.34 bits per heavy atom. The molecule has 0 saturated heterocycles. The van der Waals surface area contributed by atoms with E-state index in [1.165, 1.54) is 0 Å². The Morgan fingerprint density at radius 3 is 1.93 bits per heavy atom. The van der Waals surface area contributed by atoms with E-state index in [-0.39, 0.29) is 11.9 Å². The molecular formula is C25H27NO3. The van der Waals surface area contributed by atoms with Crippen molar-refractivity contribution < 1.29 is 14.6 Å². The fourth-order valence-corrected chi connectivity index (χ4v) is 3.24. The number of carbonyl (C=O) groups is 1. The number of aliphatic hydroxyl groups is 1. The first-order valence-electron chi connectivity index (χ1n) is 9.79. The molecule has 0 radical (unpaired) electrons. The number of nitrogens with zero attached hydrogens (tertiary/aromatic N) is 1. The molecule has 3 aromatic rings. The molecule has 4 heteroatoms. The normalized spacial score (nSPS) is 13.9. The van der Waals surface area contributed by atoms with E-state index in [9.17, 15) is 9.90 Å². The van der Waals surface area contributed by atoms with Gasteiger partial charge in [-0.2, -0.15) is 0 Å². The van der Waals surface area contributed by atoms with Crippen LogP contribution in [0.2, 0.25) is 0 Å². The summed E-state index contributed by atoms with van der Waals surface area (Å²) in [4.78, 5) is 14.3. The van der Waals surface area contributed by atoms with Gasteiger partial charge in [0.05, 0.1) is 12.1 Å². The number of aliphatic hydroxyl groups excluding tert-OH is 1. The number of likely N-dealkylation sites (N-methyl/N-ethyl adjacent to an activating group) is 1. The van der Waals surface area contributed by atoms with Crippen LogP contribution in [-0.4, -0.2) is 35.1 Å². The van der Waals surface area contributed by atoms with Crippen LogP contribution in [0.1, 0.15) is 25.5 Å². The highest BCUT2D eigenvalue weighted by atomic mass is 16.5. The van der Waals surface area contributed by atoms with Gasteiger partial charge in [-0.05, 0) is 42.7 Å². The summed E-state index contributed by atoms with van der Waals surface area (Å²) in [6, 6.07) is 26.8. The van der Waals surface area contributed by atoms with Crippen LogP contribution in [0, 0.1) is 0 Å². The second-order valence-corrected chi connectivity index (χ2v) is 7.20. The van der Waals surface area contributed by atoms with Gasteiger partial charge >= 0.3 is 0 Å². The van der Waals surface area contributed by atoms with Gasteiger partial charge in [-0.1, -0.05) is 72.8 Å². The quantitative estimate of drug-likeness (QED) is 0.637. The Balaban J connectivity index is 1.62. The Bertz CT molecular complexity index is 910. The molecule has 0 aromatic heterocycles. The molecule has 4 nitrogen and oxygen atoms in total. The standard InChI is InChI=1S/C25H27NO3/c1-18(24(27)22-12-8-5-9-13-22)26(3)25(28)19(2)29-23-16-14-21(15-17-23)20-10-6-4-7-11-20/h4-19,24,27H,1-3H3. The van der Waals surface area contributed by atoms with E-state index in [2.05, 4.69) is 12.1 Å². The van der Waals surface area contributed by atoms with Gasteiger partial charge in [0, 0.05) is 7.05 Å². The van der Waals surface area contributed by atoms with E-state index in [0.29, 0.717) is 5.75 Å². The number of benzene rings is 3. The van der Waals surface area contributed by atoms with E-state index in [0.717, 1.165) is 16.7 Å². The molecule has 3 atom stereocenters. The molecular weight excluding hydrogens is 362 g/mol. The Morgan fingerprint density at radius 1 is 0.828 bits per heavy atom. The lowest BCUT2D eigenvalue weighted by atomic mass is 10.0. The van der Waals surface area contributed by atoms with Crippen LogP contribution in [-0.2, 0) is 4.79 Å². The van der Waals surface area contributed by atoms with Crippen LogP contribution in [0.3, 0.4) is 0 Å². The smallest absolute Gasteiger partial charge is 0.263 e. The third-order valence-corrected chi connectivity index (χ3v) is 5.18. The molecule has 150 valence electrons. The molecule has 3 rings (SSSR count). The Labute approximate surface area is 172 Å². The molecule has 0 aliphatic heterocycles. The SMILES string of the molecule is CC(Oc1ccc(-c2ccccc2)cc1)C(=O)N(C)C(C)C(O)c1ccccc1. The summed E-state index contributed by atoms with van der Waals surface area (Å²) in [5.74, 6) is 0.454. The van der Waals surface area contributed by atoms with Gasteiger partial charge in [0.15, 0.2) is 6.10 Å². The zero-order chi connectivity index (χ0) is 20.8. The summed E-state index contributed by atoms with van der Waals surface area (Å²) in [5.41, 5.74) is 3.00. The molecule has 1 amide bonds. The van der Waals surface area contributed by atoms with Gasteiger partial charge < -0.3 is 14.7 Å². The zero-order valence-corrected chi connectivity index (χ0v) is 17.0. The molecule has 3 unspecified atom stereocenters. The Kier molecular flexibility index (Phi) is 6.68.